The molecule has 2 aromatic carbocycles. The molecule has 2 aromatic rings. The number of rotatable bonds is 6. The predicted octanol–water partition coefficient (Wildman–Crippen LogP) is 2.84. The van der Waals surface area contributed by atoms with Gasteiger partial charge in [-0.3, -0.25) is 4.79 Å². The van der Waals surface area contributed by atoms with E-state index in [1.54, 1.807) is 13.3 Å². The van der Waals surface area contributed by atoms with Crippen LogP contribution in [0.3, 0.4) is 0 Å². The molecule has 0 heterocycles. The van der Waals surface area contributed by atoms with Crippen LogP contribution in [0.25, 0.3) is 0 Å². The first-order valence-corrected chi connectivity index (χ1v) is 7.24. The maximum Gasteiger partial charge on any atom is 0.277 e. The van der Waals surface area contributed by atoms with Gasteiger partial charge >= 0.3 is 0 Å². The van der Waals surface area contributed by atoms with E-state index in [0.717, 1.165) is 22.4 Å². The van der Waals surface area contributed by atoms with Crippen molar-refractivity contribution in [1.29, 1.82) is 0 Å². The molecule has 0 atom stereocenters. The Balaban J connectivity index is 1.82. The summed E-state index contributed by atoms with van der Waals surface area (Å²) >= 11 is 0. The van der Waals surface area contributed by atoms with Gasteiger partial charge in [0.25, 0.3) is 5.91 Å². The Kier molecular flexibility index (Phi) is 5.74. The smallest absolute Gasteiger partial charge is 0.277 e. The van der Waals surface area contributed by atoms with Crippen molar-refractivity contribution < 1.29 is 14.3 Å². The van der Waals surface area contributed by atoms with E-state index in [2.05, 4.69) is 10.5 Å². The number of carbonyl (C=O) groups is 1. The fourth-order valence-electron chi connectivity index (χ4n) is 1.91. The fourth-order valence-corrected chi connectivity index (χ4v) is 1.91. The number of nitrogens with one attached hydrogen (secondary N) is 1. The van der Waals surface area contributed by atoms with Gasteiger partial charge in [-0.15, -0.1) is 0 Å². The second-order valence-electron chi connectivity index (χ2n) is 5.12. The Morgan fingerprint density at radius 1 is 1.17 bits per heavy atom. The normalized spacial score (nSPS) is 10.6. The second-order valence-corrected chi connectivity index (χ2v) is 5.12. The van der Waals surface area contributed by atoms with Gasteiger partial charge in [0.15, 0.2) is 6.61 Å². The van der Waals surface area contributed by atoms with Crippen LogP contribution in [-0.2, 0) is 4.79 Å². The van der Waals surface area contributed by atoms with Crippen molar-refractivity contribution in [2.24, 2.45) is 5.10 Å². The molecule has 2 rings (SSSR count). The van der Waals surface area contributed by atoms with E-state index >= 15 is 0 Å². The number of ether oxygens (including phenoxy) is 2. The van der Waals surface area contributed by atoms with E-state index in [1.165, 1.54) is 0 Å². The van der Waals surface area contributed by atoms with E-state index < -0.39 is 0 Å². The molecule has 0 unspecified atom stereocenters. The number of methoxy groups -OCH3 is 1. The lowest BCUT2D eigenvalue weighted by Crippen LogP contribution is -2.24. The number of nitrogens with zero attached hydrogens (tertiary/aromatic N) is 1. The summed E-state index contributed by atoms with van der Waals surface area (Å²) in [5.74, 6) is 1.17. The standard InChI is InChI=1S/C18H20N2O3/c1-13-4-5-14(2)17(10-13)23-12-18(21)20-19-11-15-6-8-16(22-3)9-7-15/h4-11H,12H2,1-3H3,(H,20,21). The molecule has 0 saturated heterocycles. The molecule has 0 spiro atoms. The lowest BCUT2D eigenvalue weighted by molar-refractivity contribution is -0.123. The molecule has 120 valence electrons. The van der Waals surface area contributed by atoms with Gasteiger partial charge in [-0.1, -0.05) is 12.1 Å². The first-order chi connectivity index (χ1) is 11.1. The third-order valence-electron chi connectivity index (χ3n) is 3.22. The minimum absolute atomic E-state index is 0.0791. The number of hydrogen-bond acceptors (Lipinski definition) is 4. The van der Waals surface area contributed by atoms with Crippen molar-refractivity contribution in [3.63, 3.8) is 0 Å². The largest absolute Gasteiger partial charge is 0.497 e. The summed E-state index contributed by atoms with van der Waals surface area (Å²) in [6, 6.07) is 13.2. The molecule has 23 heavy (non-hydrogen) atoms. The van der Waals surface area contributed by atoms with Crippen LogP contribution in [0.15, 0.2) is 47.6 Å². The number of amides is 1. The van der Waals surface area contributed by atoms with Gasteiger partial charge < -0.3 is 9.47 Å². The molecule has 1 amide bonds. The number of hydrogen-bond donors (Lipinski definition) is 1. The van der Waals surface area contributed by atoms with Gasteiger partial charge in [0.05, 0.1) is 13.3 Å². The Morgan fingerprint density at radius 3 is 2.61 bits per heavy atom. The molecule has 5 nitrogen and oxygen atoms in total. The van der Waals surface area contributed by atoms with Gasteiger partial charge in [-0.25, -0.2) is 5.43 Å². The van der Waals surface area contributed by atoms with Crippen LogP contribution in [0.5, 0.6) is 11.5 Å². The number of benzene rings is 2. The van der Waals surface area contributed by atoms with Gasteiger partial charge in [0, 0.05) is 0 Å². The topological polar surface area (TPSA) is 59.9 Å². The average molecular weight is 312 g/mol. The summed E-state index contributed by atoms with van der Waals surface area (Å²) in [5, 5.41) is 3.90. The molecule has 0 aliphatic heterocycles. The third kappa shape index (κ3) is 5.14. The highest BCUT2D eigenvalue weighted by Gasteiger charge is 2.04. The Morgan fingerprint density at radius 2 is 1.91 bits per heavy atom. The molecule has 0 saturated carbocycles. The summed E-state index contributed by atoms with van der Waals surface area (Å²) < 4.78 is 10.6. The van der Waals surface area contributed by atoms with Crippen molar-refractivity contribution in [3.05, 3.63) is 59.2 Å². The van der Waals surface area contributed by atoms with Crippen LogP contribution < -0.4 is 14.9 Å². The van der Waals surface area contributed by atoms with Gasteiger partial charge in [-0.05, 0) is 60.9 Å². The van der Waals surface area contributed by atoms with Gasteiger partial charge in [0.1, 0.15) is 11.5 Å². The SMILES string of the molecule is COc1ccc(C=NNC(=O)COc2cc(C)ccc2C)cc1. The molecule has 0 bridgehead atoms. The summed E-state index contributed by atoms with van der Waals surface area (Å²) in [5.41, 5.74) is 5.38. The molecule has 1 N–H and O–H groups in total. The van der Waals surface area contributed by atoms with Crippen LogP contribution in [-0.4, -0.2) is 25.8 Å². The summed E-state index contributed by atoms with van der Waals surface area (Å²) in [4.78, 5) is 11.7. The van der Waals surface area contributed by atoms with E-state index in [9.17, 15) is 4.79 Å². The third-order valence-corrected chi connectivity index (χ3v) is 3.22. The maximum atomic E-state index is 11.7. The molecule has 0 radical (unpaired) electrons. The molecule has 0 fully saturated rings. The minimum atomic E-state index is -0.310. The average Bonchev–Trinajstić information content (AvgIpc) is 2.56. The summed E-state index contributed by atoms with van der Waals surface area (Å²) in [6.07, 6.45) is 1.56. The van der Waals surface area contributed by atoms with Gasteiger partial charge in [-0.2, -0.15) is 5.10 Å². The van der Waals surface area contributed by atoms with Crippen molar-refractivity contribution in [2.45, 2.75) is 13.8 Å². The van der Waals surface area contributed by atoms with E-state index in [1.807, 2.05) is 56.3 Å². The predicted molar refractivity (Wildman–Crippen MR) is 90.1 cm³/mol. The Bertz CT molecular complexity index is 694. The van der Waals surface area contributed by atoms with Crippen LogP contribution in [0, 0.1) is 13.8 Å². The van der Waals surface area contributed by atoms with Crippen LogP contribution in [0.2, 0.25) is 0 Å². The zero-order valence-corrected chi connectivity index (χ0v) is 13.5. The molecule has 0 aliphatic carbocycles. The second kappa shape index (κ2) is 7.98. The number of carbonyl (C=O) groups excluding carboxylic acids is 1. The van der Waals surface area contributed by atoms with Crippen molar-refractivity contribution >= 4 is 12.1 Å². The molecule has 5 heteroatoms. The lowest BCUT2D eigenvalue weighted by atomic mass is 10.1. The molecule has 0 aromatic heterocycles. The van der Waals surface area contributed by atoms with Crippen LogP contribution in [0.1, 0.15) is 16.7 Å². The van der Waals surface area contributed by atoms with Crippen molar-refractivity contribution in [2.75, 3.05) is 13.7 Å². The highest BCUT2D eigenvalue weighted by molar-refractivity contribution is 5.83. The van der Waals surface area contributed by atoms with Crippen molar-refractivity contribution in [3.8, 4) is 11.5 Å². The minimum Gasteiger partial charge on any atom is -0.497 e. The molecule has 0 aliphatic rings. The van der Waals surface area contributed by atoms with Crippen molar-refractivity contribution in [1.82, 2.24) is 5.43 Å². The molecular formula is C18H20N2O3. The lowest BCUT2D eigenvalue weighted by Gasteiger charge is -2.08. The quantitative estimate of drug-likeness (QED) is 0.659. The van der Waals surface area contributed by atoms with E-state index in [-0.39, 0.29) is 12.5 Å². The first kappa shape index (κ1) is 16.5. The highest BCUT2D eigenvalue weighted by Crippen LogP contribution is 2.18. The van der Waals surface area contributed by atoms with E-state index in [4.69, 9.17) is 9.47 Å². The number of hydrazone groups is 1. The zero-order valence-electron chi connectivity index (χ0n) is 13.5. The maximum absolute atomic E-state index is 11.7. The fraction of sp³-hybridized carbons (Fsp3) is 0.222. The first-order valence-electron chi connectivity index (χ1n) is 7.24. The zero-order chi connectivity index (χ0) is 16.7. The van der Waals surface area contributed by atoms with Crippen LogP contribution >= 0.6 is 0 Å². The van der Waals surface area contributed by atoms with Crippen LogP contribution in [0.4, 0.5) is 0 Å². The highest BCUT2D eigenvalue weighted by atomic mass is 16.5. The summed E-state index contributed by atoms with van der Waals surface area (Å²) in [7, 11) is 1.61. The Hall–Kier alpha value is -2.82. The van der Waals surface area contributed by atoms with Gasteiger partial charge in [0.2, 0.25) is 0 Å². The van der Waals surface area contributed by atoms with E-state index in [0.29, 0.717) is 5.75 Å². The molecular weight excluding hydrogens is 292 g/mol. The Labute approximate surface area is 135 Å². The summed E-state index contributed by atoms with van der Waals surface area (Å²) in [6.45, 7) is 3.84. The number of aryl methyl sites for hydroxylation is 2. The monoisotopic (exact) mass is 312 g/mol.